The molecule has 0 aromatic heterocycles. The van der Waals surface area contributed by atoms with Crippen LogP contribution in [0.25, 0.3) is 0 Å². The summed E-state index contributed by atoms with van der Waals surface area (Å²) in [6, 6.07) is 12.1. The molecule has 100 valence electrons. The zero-order chi connectivity index (χ0) is 13.7. The minimum Gasteiger partial charge on any atom is -0.491 e. The molecule has 0 radical (unpaired) electrons. The molecule has 0 bridgehead atoms. The summed E-state index contributed by atoms with van der Waals surface area (Å²) in [6.45, 7) is 0.223. The van der Waals surface area contributed by atoms with Crippen molar-refractivity contribution in [1.29, 1.82) is 0 Å². The highest BCUT2D eigenvalue weighted by atomic mass is 19.1. The van der Waals surface area contributed by atoms with E-state index in [1.807, 2.05) is 0 Å². The van der Waals surface area contributed by atoms with Gasteiger partial charge in [0.25, 0.3) is 0 Å². The molecule has 1 N–H and O–H groups in total. The molecular weight excluding hydrogens is 248 g/mol. The molecule has 0 aliphatic carbocycles. The number of hydrogen-bond acceptors (Lipinski definition) is 2. The molecule has 2 nitrogen and oxygen atoms in total. The lowest BCUT2D eigenvalue weighted by Gasteiger charge is -2.18. The molecule has 0 spiro atoms. The van der Waals surface area contributed by atoms with Crippen LogP contribution in [-0.2, 0) is 0 Å². The predicted octanol–water partition coefficient (Wildman–Crippen LogP) is 3.30. The Morgan fingerprint density at radius 1 is 1.11 bits per heavy atom. The van der Waals surface area contributed by atoms with E-state index in [-0.39, 0.29) is 24.3 Å². The van der Waals surface area contributed by atoms with Crippen molar-refractivity contribution in [3.05, 3.63) is 65.7 Å². The van der Waals surface area contributed by atoms with Gasteiger partial charge in [-0.15, -0.1) is 0 Å². The summed E-state index contributed by atoms with van der Waals surface area (Å²) in [5, 5.41) is 2.99. The summed E-state index contributed by atoms with van der Waals surface area (Å²) >= 11 is 0. The Morgan fingerprint density at radius 3 is 2.58 bits per heavy atom. The van der Waals surface area contributed by atoms with Crippen molar-refractivity contribution in [2.45, 2.75) is 6.04 Å². The third-order valence-corrected chi connectivity index (χ3v) is 2.84. The molecule has 2 aromatic rings. The van der Waals surface area contributed by atoms with Crippen LogP contribution in [0.4, 0.5) is 8.78 Å². The van der Waals surface area contributed by atoms with Crippen LogP contribution in [0, 0.1) is 11.6 Å². The van der Waals surface area contributed by atoms with Crippen LogP contribution in [0.5, 0.6) is 5.75 Å². The highest BCUT2D eigenvalue weighted by molar-refractivity contribution is 5.24. The Kier molecular flexibility index (Phi) is 4.47. The van der Waals surface area contributed by atoms with Gasteiger partial charge >= 0.3 is 0 Å². The van der Waals surface area contributed by atoms with Crippen molar-refractivity contribution < 1.29 is 13.5 Å². The smallest absolute Gasteiger partial charge is 0.128 e. The van der Waals surface area contributed by atoms with E-state index in [1.54, 1.807) is 37.4 Å². The molecule has 1 unspecified atom stereocenters. The Balaban J connectivity index is 2.06. The van der Waals surface area contributed by atoms with Gasteiger partial charge in [-0.2, -0.15) is 0 Å². The molecule has 0 saturated heterocycles. The van der Waals surface area contributed by atoms with Crippen LogP contribution < -0.4 is 10.1 Å². The van der Waals surface area contributed by atoms with Crippen LogP contribution in [0.1, 0.15) is 11.6 Å². The average Bonchev–Trinajstić information content (AvgIpc) is 2.41. The maximum atomic E-state index is 13.7. The van der Waals surface area contributed by atoms with Crippen LogP contribution in [0.2, 0.25) is 0 Å². The van der Waals surface area contributed by atoms with E-state index in [2.05, 4.69) is 5.32 Å². The molecule has 0 saturated carbocycles. The van der Waals surface area contributed by atoms with Crippen LogP contribution in [0.3, 0.4) is 0 Å². The van der Waals surface area contributed by atoms with Gasteiger partial charge < -0.3 is 10.1 Å². The molecule has 19 heavy (non-hydrogen) atoms. The molecule has 0 aliphatic rings. The van der Waals surface area contributed by atoms with Gasteiger partial charge in [0.05, 0.1) is 6.04 Å². The minimum absolute atomic E-state index is 0.223. The second kappa shape index (κ2) is 6.29. The first kappa shape index (κ1) is 13.5. The number of halogens is 2. The Bertz CT molecular complexity index is 545. The molecule has 0 aliphatic heterocycles. The number of ether oxygens (including phenoxy) is 1. The maximum absolute atomic E-state index is 13.7. The van der Waals surface area contributed by atoms with Crippen LogP contribution in [0.15, 0.2) is 48.5 Å². The van der Waals surface area contributed by atoms with Crippen molar-refractivity contribution in [2.24, 2.45) is 0 Å². The zero-order valence-corrected chi connectivity index (χ0v) is 10.6. The molecule has 0 fully saturated rings. The summed E-state index contributed by atoms with van der Waals surface area (Å²) in [4.78, 5) is 0. The van der Waals surface area contributed by atoms with Crippen molar-refractivity contribution in [2.75, 3.05) is 13.7 Å². The van der Waals surface area contributed by atoms with Crippen LogP contribution in [-0.4, -0.2) is 13.7 Å². The molecular formula is C15H15F2NO. The van der Waals surface area contributed by atoms with Gasteiger partial charge in [0.1, 0.15) is 24.0 Å². The first-order chi connectivity index (χ1) is 9.20. The van der Waals surface area contributed by atoms with Gasteiger partial charge in [0.15, 0.2) is 0 Å². The zero-order valence-electron chi connectivity index (χ0n) is 10.6. The molecule has 1 atom stereocenters. The number of likely N-dealkylation sites (N-methyl/N-ethyl adjacent to an activating group) is 1. The van der Waals surface area contributed by atoms with Gasteiger partial charge in [0.2, 0.25) is 0 Å². The van der Waals surface area contributed by atoms with Crippen molar-refractivity contribution >= 4 is 0 Å². The predicted molar refractivity (Wildman–Crippen MR) is 70.1 cm³/mol. The third kappa shape index (κ3) is 3.51. The van der Waals surface area contributed by atoms with Gasteiger partial charge in [-0.1, -0.05) is 24.3 Å². The van der Waals surface area contributed by atoms with Gasteiger partial charge in [-0.3, -0.25) is 0 Å². The summed E-state index contributed by atoms with van der Waals surface area (Å²) in [5.74, 6) is -0.217. The fourth-order valence-electron chi connectivity index (χ4n) is 1.82. The first-order valence-corrected chi connectivity index (χ1v) is 6.01. The monoisotopic (exact) mass is 263 g/mol. The van der Waals surface area contributed by atoms with E-state index in [4.69, 9.17) is 4.74 Å². The summed E-state index contributed by atoms with van der Waals surface area (Å²) in [6.07, 6.45) is 0. The van der Waals surface area contributed by atoms with E-state index < -0.39 is 0 Å². The fourth-order valence-corrected chi connectivity index (χ4v) is 1.82. The van der Waals surface area contributed by atoms with Gasteiger partial charge in [0, 0.05) is 11.6 Å². The van der Waals surface area contributed by atoms with E-state index in [9.17, 15) is 8.78 Å². The lowest BCUT2D eigenvalue weighted by Crippen LogP contribution is -2.24. The van der Waals surface area contributed by atoms with Crippen molar-refractivity contribution in [3.63, 3.8) is 0 Å². The molecule has 0 amide bonds. The summed E-state index contributed by atoms with van der Waals surface area (Å²) in [5.41, 5.74) is 0.529. The number of hydrogen-bond donors (Lipinski definition) is 1. The normalized spacial score (nSPS) is 12.2. The lowest BCUT2D eigenvalue weighted by atomic mass is 10.1. The second-order valence-corrected chi connectivity index (χ2v) is 4.13. The molecule has 4 heteroatoms. The summed E-state index contributed by atoms with van der Waals surface area (Å²) < 4.78 is 32.1. The number of benzene rings is 2. The van der Waals surface area contributed by atoms with Crippen LogP contribution >= 0.6 is 0 Å². The average molecular weight is 263 g/mol. The van der Waals surface area contributed by atoms with E-state index >= 15 is 0 Å². The fraction of sp³-hybridized carbons (Fsp3) is 0.200. The summed E-state index contributed by atoms with van der Waals surface area (Å²) in [7, 11) is 1.73. The number of rotatable bonds is 5. The van der Waals surface area contributed by atoms with E-state index in [1.165, 1.54) is 18.2 Å². The quantitative estimate of drug-likeness (QED) is 0.893. The van der Waals surface area contributed by atoms with Crippen molar-refractivity contribution in [3.8, 4) is 5.75 Å². The molecule has 0 heterocycles. The third-order valence-electron chi connectivity index (χ3n) is 2.84. The van der Waals surface area contributed by atoms with E-state index in [0.717, 1.165) is 0 Å². The minimum atomic E-state index is -0.357. The largest absolute Gasteiger partial charge is 0.491 e. The first-order valence-electron chi connectivity index (χ1n) is 6.01. The standard InChI is InChI=1S/C15H15F2NO/c1-18-15(13-7-2-3-8-14(13)17)10-19-12-6-4-5-11(16)9-12/h2-9,15,18H,10H2,1H3. The highest BCUT2D eigenvalue weighted by Gasteiger charge is 2.14. The molecule has 2 aromatic carbocycles. The Morgan fingerprint density at radius 2 is 1.89 bits per heavy atom. The number of nitrogens with one attached hydrogen (secondary N) is 1. The SMILES string of the molecule is CNC(COc1cccc(F)c1)c1ccccc1F. The highest BCUT2D eigenvalue weighted by Crippen LogP contribution is 2.19. The lowest BCUT2D eigenvalue weighted by molar-refractivity contribution is 0.269. The van der Waals surface area contributed by atoms with Crippen molar-refractivity contribution in [1.82, 2.24) is 5.32 Å². The van der Waals surface area contributed by atoms with E-state index in [0.29, 0.717) is 11.3 Å². The Hall–Kier alpha value is -1.94. The second-order valence-electron chi connectivity index (χ2n) is 4.13. The topological polar surface area (TPSA) is 21.3 Å². The Labute approximate surface area is 111 Å². The molecule has 2 rings (SSSR count). The maximum Gasteiger partial charge on any atom is 0.128 e. The van der Waals surface area contributed by atoms with Gasteiger partial charge in [-0.05, 0) is 25.2 Å². The van der Waals surface area contributed by atoms with Gasteiger partial charge in [-0.25, -0.2) is 8.78 Å².